The Morgan fingerprint density at radius 3 is 2.86 bits per heavy atom. The third-order valence-electron chi connectivity index (χ3n) is 2.44. The lowest BCUT2D eigenvalue weighted by Gasteiger charge is -2.05. The first-order chi connectivity index (χ1) is 10.0. The maximum atomic E-state index is 12.2. The molecule has 21 heavy (non-hydrogen) atoms. The molecule has 2 aromatic heterocycles. The third-order valence-corrected chi connectivity index (χ3v) is 4.72. The summed E-state index contributed by atoms with van der Waals surface area (Å²) in [5, 5.41) is 9.52. The molecular formula is C13H13N3O3S2. The number of aromatic nitrogens is 2. The van der Waals surface area contributed by atoms with Crippen LogP contribution in [0.5, 0.6) is 0 Å². The molecule has 2 N–H and O–H groups in total. The predicted octanol–water partition coefficient (Wildman–Crippen LogP) is 0.669. The number of nitrogens with one attached hydrogen (secondary N) is 1. The number of sulfonamides is 1. The average molecular weight is 323 g/mol. The van der Waals surface area contributed by atoms with Crippen molar-refractivity contribution in [3.8, 4) is 11.8 Å². The molecule has 110 valence electrons. The molecule has 2 rings (SSSR count). The second-order valence-corrected chi connectivity index (χ2v) is 7.13. The molecule has 0 fully saturated rings. The quantitative estimate of drug-likeness (QED) is 0.807. The molecule has 0 aliphatic carbocycles. The Morgan fingerprint density at radius 2 is 2.19 bits per heavy atom. The fraction of sp³-hybridized carbons (Fsp3) is 0.231. The van der Waals surface area contributed by atoms with E-state index in [0.717, 1.165) is 9.88 Å². The summed E-state index contributed by atoms with van der Waals surface area (Å²) >= 11 is 1.43. The van der Waals surface area contributed by atoms with Gasteiger partial charge in [0.1, 0.15) is 11.5 Å². The monoisotopic (exact) mass is 323 g/mol. The zero-order valence-electron chi connectivity index (χ0n) is 11.2. The molecule has 0 bridgehead atoms. The molecule has 0 amide bonds. The molecular weight excluding hydrogens is 310 g/mol. The van der Waals surface area contributed by atoms with Gasteiger partial charge in [-0.1, -0.05) is 11.8 Å². The van der Waals surface area contributed by atoms with Gasteiger partial charge in [-0.05, 0) is 13.0 Å². The van der Waals surface area contributed by atoms with Gasteiger partial charge in [-0.15, -0.1) is 11.3 Å². The van der Waals surface area contributed by atoms with E-state index in [4.69, 9.17) is 5.11 Å². The Balaban J connectivity index is 2.15. The van der Waals surface area contributed by atoms with Crippen molar-refractivity contribution < 1.29 is 13.5 Å². The number of rotatable bonds is 4. The minimum atomic E-state index is -3.66. The Morgan fingerprint density at radius 1 is 1.38 bits per heavy atom. The van der Waals surface area contributed by atoms with E-state index in [1.165, 1.54) is 29.8 Å². The highest BCUT2D eigenvalue weighted by molar-refractivity contribution is 7.89. The molecule has 0 unspecified atom stereocenters. The summed E-state index contributed by atoms with van der Waals surface area (Å²) in [7, 11) is -3.66. The number of aliphatic hydroxyl groups is 1. The van der Waals surface area contributed by atoms with Gasteiger partial charge in [0.15, 0.2) is 0 Å². The van der Waals surface area contributed by atoms with Crippen LogP contribution in [0.4, 0.5) is 0 Å². The van der Waals surface area contributed by atoms with Crippen LogP contribution < -0.4 is 4.72 Å². The number of hydrogen-bond donors (Lipinski definition) is 2. The van der Waals surface area contributed by atoms with Crippen molar-refractivity contribution in [1.29, 1.82) is 0 Å². The topological polar surface area (TPSA) is 92.2 Å². The highest BCUT2D eigenvalue weighted by Gasteiger charge is 2.15. The molecule has 0 spiro atoms. The number of aryl methyl sites for hydroxylation is 1. The fourth-order valence-corrected chi connectivity index (χ4v) is 3.33. The Bertz CT molecular complexity index is 788. The molecule has 0 aromatic carbocycles. The molecule has 0 atom stereocenters. The van der Waals surface area contributed by atoms with Gasteiger partial charge in [0, 0.05) is 35.6 Å². The van der Waals surface area contributed by atoms with Crippen molar-refractivity contribution in [1.82, 2.24) is 14.7 Å². The van der Waals surface area contributed by atoms with Crippen LogP contribution in [0.25, 0.3) is 0 Å². The van der Waals surface area contributed by atoms with Gasteiger partial charge in [-0.2, -0.15) is 0 Å². The van der Waals surface area contributed by atoms with E-state index in [9.17, 15) is 8.42 Å². The highest BCUT2D eigenvalue weighted by atomic mass is 32.2. The van der Waals surface area contributed by atoms with Gasteiger partial charge >= 0.3 is 0 Å². The number of hydrogen-bond acceptors (Lipinski definition) is 6. The first-order valence-corrected chi connectivity index (χ1v) is 8.27. The van der Waals surface area contributed by atoms with E-state index in [-0.39, 0.29) is 18.0 Å². The van der Waals surface area contributed by atoms with Crippen LogP contribution in [-0.4, -0.2) is 30.1 Å². The maximum Gasteiger partial charge on any atom is 0.242 e. The lowest BCUT2D eigenvalue weighted by Crippen LogP contribution is -2.23. The van der Waals surface area contributed by atoms with Gasteiger partial charge in [0.25, 0.3) is 0 Å². The molecule has 0 aliphatic heterocycles. The van der Waals surface area contributed by atoms with Crippen LogP contribution in [0.1, 0.15) is 15.4 Å². The molecule has 0 radical (unpaired) electrons. The zero-order valence-corrected chi connectivity index (χ0v) is 12.8. The van der Waals surface area contributed by atoms with Gasteiger partial charge in [-0.25, -0.2) is 18.1 Å². The van der Waals surface area contributed by atoms with Crippen LogP contribution in [0.2, 0.25) is 0 Å². The first kappa shape index (κ1) is 15.6. The Labute approximate surface area is 126 Å². The second kappa shape index (κ2) is 6.78. The maximum absolute atomic E-state index is 12.2. The van der Waals surface area contributed by atoms with Crippen molar-refractivity contribution in [2.75, 3.05) is 6.61 Å². The van der Waals surface area contributed by atoms with Crippen molar-refractivity contribution >= 4 is 21.4 Å². The van der Waals surface area contributed by atoms with E-state index in [2.05, 4.69) is 26.5 Å². The highest BCUT2D eigenvalue weighted by Crippen LogP contribution is 2.13. The number of thiazole rings is 1. The summed E-state index contributed by atoms with van der Waals surface area (Å²) in [6.45, 7) is 1.75. The summed E-state index contributed by atoms with van der Waals surface area (Å²) in [5.41, 5.74) is 0.431. The van der Waals surface area contributed by atoms with E-state index < -0.39 is 10.0 Å². The molecule has 0 aliphatic rings. The molecule has 2 heterocycles. The third kappa shape index (κ3) is 4.34. The minimum Gasteiger partial charge on any atom is -0.384 e. The summed E-state index contributed by atoms with van der Waals surface area (Å²) in [6, 6.07) is 1.41. The van der Waals surface area contributed by atoms with Crippen molar-refractivity contribution in [2.45, 2.75) is 18.4 Å². The molecule has 8 heteroatoms. The van der Waals surface area contributed by atoms with Crippen LogP contribution in [0.15, 0.2) is 29.6 Å². The summed E-state index contributed by atoms with van der Waals surface area (Å²) in [6.07, 6.45) is 4.34. The normalized spacial score (nSPS) is 11.0. The number of pyridine rings is 1. The van der Waals surface area contributed by atoms with Gasteiger partial charge in [-0.3, -0.25) is 4.98 Å². The SMILES string of the molecule is Cc1ncc(CNS(=O)(=O)c2cncc(C#CCO)c2)s1. The summed E-state index contributed by atoms with van der Waals surface area (Å²) in [4.78, 5) is 8.79. The van der Waals surface area contributed by atoms with Crippen LogP contribution in [0, 0.1) is 18.8 Å². The van der Waals surface area contributed by atoms with E-state index in [1.54, 1.807) is 6.20 Å². The molecule has 0 saturated carbocycles. The van der Waals surface area contributed by atoms with Crippen molar-refractivity contribution in [3.05, 3.63) is 40.1 Å². The smallest absolute Gasteiger partial charge is 0.242 e. The summed E-state index contributed by atoms with van der Waals surface area (Å²) in [5.74, 6) is 5.07. The standard InChI is InChI=1S/C13H13N3O3S2/c1-10-15-7-12(20-10)8-16-21(18,19)13-5-11(3-2-4-17)6-14-9-13/h5-7,9,16-17H,4,8H2,1H3. The van der Waals surface area contributed by atoms with E-state index in [1.807, 2.05) is 6.92 Å². The summed E-state index contributed by atoms with van der Waals surface area (Å²) < 4.78 is 26.8. The minimum absolute atomic E-state index is 0.0356. The van der Waals surface area contributed by atoms with E-state index >= 15 is 0 Å². The van der Waals surface area contributed by atoms with Gasteiger partial charge in [0.05, 0.1) is 5.01 Å². The lowest BCUT2D eigenvalue weighted by atomic mass is 10.3. The largest absolute Gasteiger partial charge is 0.384 e. The average Bonchev–Trinajstić information content (AvgIpc) is 2.89. The number of aliphatic hydroxyl groups excluding tert-OH is 1. The molecule has 2 aromatic rings. The Hall–Kier alpha value is -1.79. The zero-order chi connectivity index (χ0) is 15.3. The van der Waals surface area contributed by atoms with Crippen LogP contribution in [0.3, 0.4) is 0 Å². The number of nitrogens with zero attached hydrogens (tertiary/aromatic N) is 2. The fourth-order valence-electron chi connectivity index (χ4n) is 1.51. The van der Waals surface area contributed by atoms with Gasteiger partial charge in [0.2, 0.25) is 10.0 Å². The molecule has 6 nitrogen and oxygen atoms in total. The van der Waals surface area contributed by atoms with E-state index in [0.29, 0.717) is 5.56 Å². The Kier molecular flexibility index (Phi) is 5.03. The van der Waals surface area contributed by atoms with Gasteiger partial charge < -0.3 is 5.11 Å². The molecule has 0 saturated heterocycles. The van der Waals surface area contributed by atoms with Crippen LogP contribution in [-0.2, 0) is 16.6 Å². The van der Waals surface area contributed by atoms with Crippen molar-refractivity contribution in [3.63, 3.8) is 0 Å². The lowest BCUT2D eigenvalue weighted by molar-refractivity contribution is 0.350. The predicted molar refractivity (Wildman–Crippen MR) is 79.1 cm³/mol. The second-order valence-electron chi connectivity index (χ2n) is 4.04. The van der Waals surface area contributed by atoms with Crippen LogP contribution >= 0.6 is 11.3 Å². The van der Waals surface area contributed by atoms with Crippen molar-refractivity contribution in [2.24, 2.45) is 0 Å². The first-order valence-electron chi connectivity index (χ1n) is 5.97.